The summed E-state index contributed by atoms with van der Waals surface area (Å²) in [6.45, 7) is 1.34. The van der Waals surface area contributed by atoms with Gasteiger partial charge in [-0.25, -0.2) is 0 Å². The molecule has 2 aliphatic rings. The van der Waals surface area contributed by atoms with Crippen molar-refractivity contribution >= 4 is 5.78 Å². The molecule has 62 valence electrons. The third-order valence-electron chi connectivity index (χ3n) is 2.69. The minimum absolute atomic E-state index is 0.209. The van der Waals surface area contributed by atoms with Crippen molar-refractivity contribution in [2.45, 2.75) is 25.4 Å². The highest BCUT2D eigenvalue weighted by molar-refractivity contribution is 5.86. The van der Waals surface area contributed by atoms with Gasteiger partial charge in [-0.05, 0) is 6.42 Å². The van der Waals surface area contributed by atoms with Crippen LogP contribution in [0.25, 0.3) is 0 Å². The largest absolute Gasteiger partial charge is 0.376 e. The van der Waals surface area contributed by atoms with Crippen molar-refractivity contribution in [3.63, 3.8) is 0 Å². The Balaban J connectivity index is 1.94. The molecule has 2 N–H and O–H groups in total. The first-order chi connectivity index (χ1) is 5.24. The van der Waals surface area contributed by atoms with Gasteiger partial charge in [0.05, 0.1) is 12.7 Å². The Morgan fingerprint density at radius 2 is 2.36 bits per heavy atom. The fourth-order valence-electron chi connectivity index (χ4n) is 2.08. The van der Waals surface area contributed by atoms with Gasteiger partial charge in [0, 0.05) is 24.8 Å². The molecule has 0 bridgehead atoms. The van der Waals surface area contributed by atoms with Gasteiger partial charge in [0.15, 0.2) is 0 Å². The van der Waals surface area contributed by atoms with E-state index >= 15 is 0 Å². The van der Waals surface area contributed by atoms with Crippen molar-refractivity contribution in [2.24, 2.45) is 11.1 Å². The van der Waals surface area contributed by atoms with Gasteiger partial charge in [0.1, 0.15) is 5.78 Å². The molecule has 1 atom stereocenters. The van der Waals surface area contributed by atoms with E-state index in [1.807, 2.05) is 0 Å². The van der Waals surface area contributed by atoms with Crippen molar-refractivity contribution < 1.29 is 9.53 Å². The van der Waals surface area contributed by atoms with Crippen molar-refractivity contribution in [1.82, 2.24) is 0 Å². The smallest absolute Gasteiger partial charge is 0.134 e. The number of Topliss-reactive ketones (excluding diaryl/α,β-unsaturated/α-hetero) is 1. The van der Waals surface area contributed by atoms with Gasteiger partial charge in [0.25, 0.3) is 0 Å². The van der Waals surface area contributed by atoms with Gasteiger partial charge in [-0.15, -0.1) is 0 Å². The summed E-state index contributed by atoms with van der Waals surface area (Å²) >= 11 is 0. The average Bonchev–Trinajstić information content (AvgIpc) is 2.31. The van der Waals surface area contributed by atoms with E-state index in [9.17, 15) is 4.79 Å². The minimum Gasteiger partial charge on any atom is -0.376 e. The van der Waals surface area contributed by atoms with Gasteiger partial charge in [0.2, 0.25) is 0 Å². The van der Waals surface area contributed by atoms with Crippen LogP contribution in [-0.4, -0.2) is 25.0 Å². The van der Waals surface area contributed by atoms with E-state index in [1.165, 1.54) is 0 Å². The Bertz CT molecular complexity index is 183. The maximum Gasteiger partial charge on any atom is 0.134 e. The number of nitrogens with two attached hydrogens (primary N) is 1. The summed E-state index contributed by atoms with van der Waals surface area (Å²) in [7, 11) is 0. The molecule has 11 heavy (non-hydrogen) atoms. The highest BCUT2D eigenvalue weighted by atomic mass is 16.5. The third-order valence-corrected chi connectivity index (χ3v) is 2.69. The molecule has 1 heterocycles. The average molecular weight is 155 g/mol. The fraction of sp³-hybridized carbons (Fsp3) is 0.875. The van der Waals surface area contributed by atoms with E-state index < -0.39 is 0 Å². The summed E-state index contributed by atoms with van der Waals surface area (Å²) in [5.41, 5.74) is 5.67. The molecular formula is C8H13NO2. The molecule has 1 unspecified atom stereocenters. The fourth-order valence-corrected chi connectivity index (χ4v) is 2.08. The Hall–Kier alpha value is -0.410. The van der Waals surface area contributed by atoms with E-state index in [2.05, 4.69) is 0 Å². The second-order valence-electron chi connectivity index (χ2n) is 3.77. The Kier molecular flexibility index (Phi) is 1.51. The summed E-state index contributed by atoms with van der Waals surface area (Å²) in [5.74, 6) is 0.381. The molecule has 1 spiro atoms. The van der Waals surface area contributed by atoms with E-state index in [-0.39, 0.29) is 11.5 Å². The number of hydrogen-bond donors (Lipinski definition) is 1. The quantitative estimate of drug-likeness (QED) is 0.583. The summed E-state index contributed by atoms with van der Waals surface area (Å²) in [6, 6.07) is 0. The van der Waals surface area contributed by atoms with Crippen molar-refractivity contribution in [3.8, 4) is 0 Å². The van der Waals surface area contributed by atoms with Crippen LogP contribution in [-0.2, 0) is 9.53 Å². The highest BCUT2D eigenvalue weighted by Gasteiger charge is 2.48. The van der Waals surface area contributed by atoms with Gasteiger partial charge in [-0.3, -0.25) is 4.79 Å². The van der Waals surface area contributed by atoms with Gasteiger partial charge >= 0.3 is 0 Å². The van der Waals surface area contributed by atoms with Crippen LogP contribution in [0.4, 0.5) is 0 Å². The van der Waals surface area contributed by atoms with Crippen LogP contribution < -0.4 is 5.73 Å². The number of rotatable bonds is 1. The van der Waals surface area contributed by atoms with Crippen LogP contribution in [0, 0.1) is 5.41 Å². The maximum absolute atomic E-state index is 10.8. The van der Waals surface area contributed by atoms with E-state index in [1.54, 1.807) is 0 Å². The molecule has 0 aromatic rings. The first-order valence-electron chi connectivity index (χ1n) is 4.07. The number of carbonyl (C=O) groups excluding carboxylic acids is 1. The molecule has 1 saturated carbocycles. The number of hydrogen-bond acceptors (Lipinski definition) is 3. The predicted octanol–water partition coefficient (Wildman–Crippen LogP) is 0.0833. The topological polar surface area (TPSA) is 52.3 Å². The van der Waals surface area contributed by atoms with Crippen molar-refractivity contribution in [1.29, 1.82) is 0 Å². The number of ketones is 1. The van der Waals surface area contributed by atoms with Crippen LogP contribution >= 0.6 is 0 Å². The summed E-state index contributed by atoms with van der Waals surface area (Å²) in [5, 5.41) is 0. The van der Waals surface area contributed by atoms with Crippen LogP contribution in [0.1, 0.15) is 19.3 Å². The summed E-state index contributed by atoms with van der Waals surface area (Å²) < 4.78 is 5.43. The molecule has 1 saturated heterocycles. The SMILES string of the molecule is NCC1CC2(CO1)CC(=O)C2. The monoisotopic (exact) mass is 155 g/mol. The van der Waals surface area contributed by atoms with Crippen LogP contribution in [0.5, 0.6) is 0 Å². The van der Waals surface area contributed by atoms with Gasteiger partial charge < -0.3 is 10.5 Å². The number of ether oxygens (including phenoxy) is 1. The van der Waals surface area contributed by atoms with Crippen molar-refractivity contribution in [3.05, 3.63) is 0 Å². The summed E-state index contributed by atoms with van der Waals surface area (Å²) in [4.78, 5) is 10.8. The Labute approximate surface area is 65.9 Å². The second kappa shape index (κ2) is 2.29. The van der Waals surface area contributed by atoms with E-state index in [4.69, 9.17) is 10.5 Å². The first kappa shape index (κ1) is 7.25. The molecule has 2 fully saturated rings. The molecule has 0 radical (unpaired) electrons. The highest BCUT2D eigenvalue weighted by Crippen LogP contribution is 2.46. The third kappa shape index (κ3) is 1.08. The first-order valence-corrected chi connectivity index (χ1v) is 4.07. The summed E-state index contributed by atoms with van der Waals surface area (Å²) in [6.07, 6.45) is 2.66. The zero-order chi connectivity index (χ0) is 7.90. The molecule has 3 heteroatoms. The Morgan fingerprint density at radius 3 is 2.82 bits per heavy atom. The molecule has 1 aliphatic heterocycles. The zero-order valence-corrected chi connectivity index (χ0v) is 6.51. The molecule has 0 aromatic heterocycles. The second-order valence-corrected chi connectivity index (χ2v) is 3.77. The predicted molar refractivity (Wildman–Crippen MR) is 40.1 cm³/mol. The van der Waals surface area contributed by atoms with Crippen LogP contribution in [0.15, 0.2) is 0 Å². The minimum atomic E-state index is 0.209. The normalized spacial score (nSPS) is 34.3. The molecule has 1 aliphatic carbocycles. The zero-order valence-electron chi connectivity index (χ0n) is 6.51. The van der Waals surface area contributed by atoms with Crippen LogP contribution in [0.3, 0.4) is 0 Å². The molecule has 2 rings (SSSR count). The molecular weight excluding hydrogens is 142 g/mol. The lowest BCUT2D eigenvalue weighted by Gasteiger charge is -2.34. The maximum atomic E-state index is 10.8. The van der Waals surface area contributed by atoms with E-state index in [0.717, 1.165) is 25.9 Å². The lowest BCUT2D eigenvalue weighted by Crippen LogP contribution is -2.38. The van der Waals surface area contributed by atoms with Gasteiger partial charge in [-0.2, -0.15) is 0 Å². The Morgan fingerprint density at radius 1 is 1.64 bits per heavy atom. The van der Waals surface area contributed by atoms with Crippen LogP contribution in [0.2, 0.25) is 0 Å². The van der Waals surface area contributed by atoms with Crippen molar-refractivity contribution in [2.75, 3.05) is 13.2 Å². The number of carbonyl (C=O) groups is 1. The molecule has 3 nitrogen and oxygen atoms in total. The molecule has 0 amide bonds. The lowest BCUT2D eigenvalue weighted by molar-refractivity contribution is -0.132. The van der Waals surface area contributed by atoms with E-state index in [0.29, 0.717) is 12.3 Å². The molecule has 0 aromatic carbocycles. The van der Waals surface area contributed by atoms with Gasteiger partial charge in [-0.1, -0.05) is 0 Å². The standard InChI is InChI=1S/C8H13NO2/c9-4-7-3-8(5-11-7)1-6(10)2-8/h7H,1-5,9H2. The lowest BCUT2D eigenvalue weighted by atomic mass is 9.67.